The Labute approximate surface area is 129 Å². The van der Waals surface area contributed by atoms with Crippen LogP contribution < -0.4 is 0 Å². The van der Waals surface area contributed by atoms with Crippen molar-refractivity contribution in [2.45, 2.75) is 25.7 Å². The molecule has 4 heteroatoms. The molecule has 2 nitrogen and oxygen atoms in total. The van der Waals surface area contributed by atoms with Gasteiger partial charge in [0.1, 0.15) is 0 Å². The average molecular weight is 380 g/mol. The lowest BCUT2D eigenvalue weighted by Crippen LogP contribution is -2.01. The first-order chi connectivity index (χ1) is 9.31. The van der Waals surface area contributed by atoms with E-state index in [1.165, 1.54) is 40.5 Å². The molecule has 0 unspecified atom stereocenters. The lowest BCUT2D eigenvalue weighted by atomic mass is 10.0. The molecule has 0 bridgehead atoms. The molecule has 96 valence electrons. The Bertz CT molecular complexity index is 739. The summed E-state index contributed by atoms with van der Waals surface area (Å²) in [7, 11) is 0. The Morgan fingerprint density at radius 1 is 1.11 bits per heavy atom. The number of rotatable bonds is 1. The van der Waals surface area contributed by atoms with Crippen molar-refractivity contribution in [2.75, 3.05) is 0 Å². The largest absolute Gasteiger partial charge is 0.294 e. The first-order valence-electron chi connectivity index (χ1n) is 6.57. The number of hydrogen-bond donors (Lipinski definition) is 0. The van der Waals surface area contributed by atoms with E-state index >= 15 is 0 Å². The summed E-state index contributed by atoms with van der Waals surface area (Å²) in [5, 5.41) is 0. The zero-order valence-electron chi connectivity index (χ0n) is 10.4. The second kappa shape index (κ2) is 4.59. The highest BCUT2D eigenvalue weighted by molar-refractivity contribution is 14.1. The van der Waals surface area contributed by atoms with E-state index < -0.39 is 0 Å². The number of halogens is 1. The number of benzene rings is 1. The maximum absolute atomic E-state index is 4.80. The molecule has 0 aliphatic heterocycles. The number of fused-ring (bicyclic) bond motifs is 3. The third kappa shape index (κ3) is 2.01. The highest BCUT2D eigenvalue weighted by atomic mass is 127. The van der Waals surface area contributed by atoms with Gasteiger partial charge in [-0.1, -0.05) is 12.1 Å². The molecular weight excluding hydrogens is 367 g/mol. The van der Waals surface area contributed by atoms with Crippen molar-refractivity contribution >= 4 is 38.9 Å². The van der Waals surface area contributed by atoms with E-state index in [0.29, 0.717) is 0 Å². The normalized spacial score (nSPS) is 14.8. The summed E-state index contributed by atoms with van der Waals surface area (Å²) >= 11 is 4.20. The molecule has 0 radical (unpaired) electrons. The zero-order chi connectivity index (χ0) is 12.8. The van der Waals surface area contributed by atoms with Crippen molar-refractivity contribution in [3.8, 4) is 11.3 Å². The summed E-state index contributed by atoms with van der Waals surface area (Å²) in [4.78, 5) is 7.49. The molecule has 4 rings (SSSR count). The van der Waals surface area contributed by atoms with Crippen LogP contribution >= 0.6 is 33.9 Å². The molecular formula is C15H13IN2S. The molecule has 0 saturated heterocycles. The maximum Gasteiger partial charge on any atom is 0.194 e. The number of aryl methyl sites for hydroxylation is 2. The van der Waals surface area contributed by atoms with E-state index in [1.807, 2.05) is 11.3 Å². The summed E-state index contributed by atoms with van der Waals surface area (Å²) in [6.45, 7) is 0. The third-order valence-corrected chi connectivity index (χ3v) is 5.58. The van der Waals surface area contributed by atoms with Gasteiger partial charge in [0.05, 0.1) is 5.69 Å². The minimum Gasteiger partial charge on any atom is -0.294 e. The molecule has 1 aliphatic rings. The van der Waals surface area contributed by atoms with Gasteiger partial charge in [0.25, 0.3) is 0 Å². The van der Waals surface area contributed by atoms with Gasteiger partial charge in [0.2, 0.25) is 0 Å². The monoisotopic (exact) mass is 380 g/mol. The van der Waals surface area contributed by atoms with Crippen molar-refractivity contribution in [1.29, 1.82) is 0 Å². The summed E-state index contributed by atoms with van der Waals surface area (Å²) in [6, 6.07) is 8.58. The van der Waals surface area contributed by atoms with Gasteiger partial charge in [0.15, 0.2) is 4.96 Å². The molecule has 1 aromatic carbocycles. The zero-order valence-corrected chi connectivity index (χ0v) is 13.4. The number of nitrogens with zero attached hydrogens (tertiary/aromatic N) is 2. The molecule has 0 fully saturated rings. The van der Waals surface area contributed by atoms with Crippen LogP contribution in [0.5, 0.6) is 0 Å². The Morgan fingerprint density at radius 3 is 2.74 bits per heavy atom. The van der Waals surface area contributed by atoms with E-state index in [9.17, 15) is 0 Å². The highest BCUT2D eigenvalue weighted by Crippen LogP contribution is 2.32. The summed E-state index contributed by atoms with van der Waals surface area (Å²) in [5.74, 6) is 0. The second-order valence-corrected chi connectivity index (χ2v) is 7.27. The molecule has 0 amide bonds. The van der Waals surface area contributed by atoms with E-state index in [4.69, 9.17) is 4.98 Å². The number of thiazole rings is 1. The first-order valence-corrected chi connectivity index (χ1v) is 8.46. The van der Waals surface area contributed by atoms with Crippen molar-refractivity contribution in [1.82, 2.24) is 9.38 Å². The summed E-state index contributed by atoms with van der Waals surface area (Å²) in [5.41, 5.74) is 3.80. The third-order valence-electron chi connectivity index (χ3n) is 3.71. The fourth-order valence-corrected chi connectivity index (χ4v) is 4.27. The Hall–Kier alpha value is -0.880. The molecule has 19 heavy (non-hydrogen) atoms. The SMILES string of the molecule is Ic1ccc(-c2cn3c4c(sc3n2)CCCC4)cc1. The van der Waals surface area contributed by atoms with Crippen molar-refractivity contribution in [2.24, 2.45) is 0 Å². The van der Waals surface area contributed by atoms with Crippen LogP contribution in [0.1, 0.15) is 23.4 Å². The van der Waals surface area contributed by atoms with Crippen molar-refractivity contribution in [3.05, 3.63) is 44.6 Å². The predicted molar refractivity (Wildman–Crippen MR) is 87.9 cm³/mol. The summed E-state index contributed by atoms with van der Waals surface area (Å²) in [6.07, 6.45) is 7.30. The quantitative estimate of drug-likeness (QED) is 0.567. The fraction of sp³-hybridized carbons (Fsp3) is 0.267. The number of hydrogen-bond acceptors (Lipinski definition) is 2. The molecule has 2 aromatic heterocycles. The molecule has 0 N–H and O–H groups in total. The molecule has 3 aromatic rings. The van der Waals surface area contributed by atoms with Gasteiger partial charge in [-0.05, 0) is 60.4 Å². The fourth-order valence-electron chi connectivity index (χ4n) is 2.73. The molecule has 0 spiro atoms. The Balaban J connectivity index is 1.84. The van der Waals surface area contributed by atoms with Crippen LogP contribution in [-0.2, 0) is 12.8 Å². The second-order valence-electron chi connectivity index (χ2n) is 4.96. The minimum atomic E-state index is 1.09. The van der Waals surface area contributed by atoms with Crippen molar-refractivity contribution in [3.63, 3.8) is 0 Å². The lowest BCUT2D eigenvalue weighted by Gasteiger charge is -2.09. The van der Waals surface area contributed by atoms with Crippen LogP contribution in [-0.4, -0.2) is 9.38 Å². The standard InChI is InChI=1S/C15H13IN2S/c16-11-7-5-10(6-8-11)12-9-18-13-3-1-2-4-14(13)19-15(18)17-12/h5-9H,1-4H2. The van der Waals surface area contributed by atoms with Crippen LogP contribution in [0.25, 0.3) is 16.2 Å². The topological polar surface area (TPSA) is 17.3 Å². The number of aromatic nitrogens is 2. The Morgan fingerprint density at radius 2 is 1.89 bits per heavy atom. The molecule has 1 aliphatic carbocycles. The van der Waals surface area contributed by atoms with Crippen LogP contribution in [0.15, 0.2) is 30.5 Å². The number of imidazole rings is 1. The van der Waals surface area contributed by atoms with Crippen LogP contribution in [0.3, 0.4) is 0 Å². The van der Waals surface area contributed by atoms with Crippen LogP contribution in [0, 0.1) is 3.57 Å². The van der Waals surface area contributed by atoms with Gasteiger partial charge in [-0.25, -0.2) is 4.98 Å². The van der Waals surface area contributed by atoms with Gasteiger partial charge in [-0.2, -0.15) is 0 Å². The van der Waals surface area contributed by atoms with E-state index in [-0.39, 0.29) is 0 Å². The van der Waals surface area contributed by atoms with E-state index in [2.05, 4.69) is 57.5 Å². The van der Waals surface area contributed by atoms with Gasteiger partial charge in [0, 0.05) is 25.9 Å². The van der Waals surface area contributed by atoms with Gasteiger partial charge in [-0.15, -0.1) is 11.3 Å². The lowest BCUT2D eigenvalue weighted by molar-refractivity contribution is 0.674. The van der Waals surface area contributed by atoms with Crippen LogP contribution in [0.2, 0.25) is 0 Å². The van der Waals surface area contributed by atoms with E-state index in [0.717, 1.165) is 10.7 Å². The van der Waals surface area contributed by atoms with Crippen molar-refractivity contribution < 1.29 is 0 Å². The first kappa shape index (κ1) is 11.9. The smallest absolute Gasteiger partial charge is 0.194 e. The minimum absolute atomic E-state index is 1.09. The Kier molecular flexibility index (Phi) is 2.88. The summed E-state index contributed by atoms with van der Waals surface area (Å²) < 4.78 is 3.58. The average Bonchev–Trinajstić information content (AvgIpc) is 2.97. The molecule has 2 heterocycles. The predicted octanol–water partition coefficient (Wildman–Crippen LogP) is 4.55. The van der Waals surface area contributed by atoms with Gasteiger partial charge >= 0.3 is 0 Å². The molecule has 0 atom stereocenters. The molecule has 0 saturated carbocycles. The van der Waals surface area contributed by atoms with E-state index in [1.54, 1.807) is 4.88 Å². The highest BCUT2D eigenvalue weighted by Gasteiger charge is 2.18. The van der Waals surface area contributed by atoms with Gasteiger partial charge < -0.3 is 0 Å². The van der Waals surface area contributed by atoms with Crippen LogP contribution in [0.4, 0.5) is 0 Å². The van der Waals surface area contributed by atoms with Gasteiger partial charge in [-0.3, -0.25) is 4.40 Å². The maximum atomic E-state index is 4.80.